The fraction of sp³-hybridized carbons (Fsp3) is 0.412. The molecule has 116 valence electrons. The fourth-order valence-electron chi connectivity index (χ4n) is 3.32. The second-order valence-corrected chi connectivity index (χ2v) is 7.04. The van der Waals surface area contributed by atoms with E-state index in [0.717, 1.165) is 22.7 Å². The number of methoxy groups -OCH3 is 1. The first kappa shape index (κ1) is 15.0. The SMILES string of the molecule is COC(=O)C1=C(C)NC2=CCCC(=O)C2C1c1ccc(C)s1. The number of esters is 1. The van der Waals surface area contributed by atoms with Crippen LogP contribution in [0.15, 0.2) is 35.2 Å². The number of ether oxygens (including phenoxy) is 1. The van der Waals surface area contributed by atoms with Crippen molar-refractivity contribution in [3.63, 3.8) is 0 Å². The summed E-state index contributed by atoms with van der Waals surface area (Å²) in [6.45, 7) is 3.90. The van der Waals surface area contributed by atoms with Crippen LogP contribution in [0.4, 0.5) is 0 Å². The van der Waals surface area contributed by atoms with Gasteiger partial charge in [0.25, 0.3) is 0 Å². The highest BCUT2D eigenvalue weighted by molar-refractivity contribution is 7.12. The molecule has 0 radical (unpaired) electrons. The van der Waals surface area contributed by atoms with E-state index in [1.165, 1.54) is 12.0 Å². The molecule has 0 bridgehead atoms. The van der Waals surface area contributed by atoms with Crippen LogP contribution in [0.2, 0.25) is 0 Å². The summed E-state index contributed by atoms with van der Waals surface area (Å²) in [5.74, 6) is -0.718. The van der Waals surface area contributed by atoms with E-state index >= 15 is 0 Å². The minimum atomic E-state index is -0.363. The number of aryl methyl sites for hydroxylation is 1. The molecule has 1 aromatic heterocycles. The molecule has 2 atom stereocenters. The summed E-state index contributed by atoms with van der Waals surface area (Å²) in [6, 6.07) is 4.05. The van der Waals surface area contributed by atoms with E-state index in [2.05, 4.69) is 11.4 Å². The Hall–Kier alpha value is -1.88. The van der Waals surface area contributed by atoms with Gasteiger partial charge in [-0.05, 0) is 32.4 Å². The van der Waals surface area contributed by atoms with Gasteiger partial charge in [-0.25, -0.2) is 4.79 Å². The van der Waals surface area contributed by atoms with Crippen molar-refractivity contribution in [1.29, 1.82) is 0 Å². The van der Waals surface area contributed by atoms with Crippen molar-refractivity contribution in [1.82, 2.24) is 5.32 Å². The number of fused-ring (bicyclic) bond motifs is 1. The minimum absolute atomic E-state index is 0.190. The van der Waals surface area contributed by atoms with Crippen LogP contribution in [0.1, 0.15) is 35.4 Å². The number of allylic oxidation sites excluding steroid dienone is 3. The van der Waals surface area contributed by atoms with E-state index < -0.39 is 0 Å². The Kier molecular flexibility index (Phi) is 3.91. The average molecular weight is 317 g/mol. The maximum atomic E-state index is 12.5. The molecule has 0 amide bonds. The van der Waals surface area contributed by atoms with Crippen LogP contribution in [0.3, 0.4) is 0 Å². The zero-order valence-corrected chi connectivity index (χ0v) is 13.8. The minimum Gasteiger partial charge on any atom is -0.466 e. The van der Waals surface area contributed by atoms with Crippen molar-refractivity contribution >= 4 is 23.1 Å². The maximum absolute atomic E-state index is 12.5. The van der Waals surface area contributed by atoms with Crippen molar-refractivity contribution in [2.24, 2.45) is 5.92 Å². The molecule has 0 spiro atoms. The van der Waals surface area contributed by atoms with Gasteiger partial charge in [0, 0.05) is 33.5 Å². The van der Waals surface area contributed by atoms with Gasteiger partial charge in [0.15, 0.2) is 0 Å². The van der Waals surface area contributed by atoms with Crippen molar-refractivity contribution in [2.75, 3.05) is 7.11 Å². The van der Waals surface area contributed by atoms with E-state index in [0.29, 0.717) is 12.0 Å². The summed E-state index contributed by atoms with van der Waals surface area (Å²) in [7, 11) is 1.38. The van der Waals surface area contributed by atoms with Crippen LogP contribution >= 0.6 is 11.3 Å². The van der Waals surface area contributed by atoms with Gasteiger partial charge in [-0.1, -0.05) is 6.08 Å². The summed E-state index contributed by atoms with van der Waals surface area (Å²) < 4.78 is 4.97. The molecule has 2 aliphatic rings. The molecule has 0 saturated heterocycles. The van der Waals surface area contributed by atoms with E-state index in [1.807, 2.05) is 26.0 Å². The van der Waals surface area contributed by atoms with Gasteiger partial charge in [0.1, 0.15) is 5.78 Å². The third kappa shape index (κ3) is 2.39. The number of hydrogen-bond acceptors (Lipinski definition) is 5. The highest BCUT2D eigenvalue weighted by Gasteiger charge is 2.43. The standard InChI is InChI=1S/C17H19NO3S/c1-9-7-8-13(22-9)16-14(17(20)21-3)10(2)18-11-5-4-6-12(19)15(11)16/h5,7-8,15-16,18H,4,6H2,1-3H3. The van der Waals surface area contributed by atoms with Crippen molar-refractivity contribution in [3.05, 3.63) is 44.9 Å². The third-order valence-electron chi connectivity index (χ3n) is 4.29. The Balaban J connectivity index is 2.18. The zero-order valence-electron chi connectivity index (χ0n) is 12.9. The van der Waals surface area contributed by atoms with Gasteiger partial charge in [-0.2, -0.15) is 0 Å². The number of ketones is 1. The number of carbonyl (C=O) groups excluding carboxylic acids is 2. The summed E-state index contributed by atoms with van der Waals surface area (Å²) in [5, 5.41) is 3.24. The Morgan fingerprint density at radius 1 is 1.32 bits per heavy atom. The first-order chi connectivity index (χ1) is 10.5. The van der Waals surface area contributed by atoms with Gasteiger partial charge in [-0.15, -0.1) is 11.3 Å². The summed E-state index contributed by atoms with van der Waals surface area (Å²) in [4.78, 5) is 27.1. The molecule has 0 saturated carbocycles. The number of thiophene rings is 1. The normalized spacial score (nSPS) is 24.5. The lowest BCUT2D eigenvalue weighted by atomic mass is 9.73. The molecule has 3 rings (SSSR count). The van der Waals surface area contributed by atoms with E-state index in [4.69, 9.17) is 4.74 Å². The third-order valence-corrected chi connectivity index (χ3v) is 5.37. The van der Waals surface area contributed by atoms with Crippen LogP contribution < -0.4 is 5.32 Å². The molecule has 5 heteroatoms. The molecule has 22 heavy (non-hydrogen) atoms. The lowest BCUT2D eigenvalue weighted by Gasteiger charge is -2.37. The zero-order chi connectivity index (χ0) is 15.9. The molecule has 2 unspecified atom stereocenters. The highest BCUT2D eigenvalue weighted by atomic mass is 32.1. The Morgan fingerprint density at radius 3 is 2.73 bits per heavy atom. The van der Waals surface area contributed by atoms with Crippen LogP contribution in [-0.4, -0.2) is 18.9 Å². The monoisotopic (exact) mass is 317 g/mol. The lowest BCUT2D eigenvalue weighted by molar-refractivity contribution is -0.136. The van der Waals surface area contributed by atoms with E-state index in [9.17, 15) is 9.59 Å². The molecule has 1 aliphatic heterocycles. The fourth-order valence-corrected chi connectivity index (χ4v) is 4.35. The molecule has 1 aromatic rings. The summed E-state index contributed by atoms with van der Waals surface area (Å²) >= 11 is 1.64. The van der Waals surface area contributed by atoms with Gasteiger partial charge in [-0.3, -0.25) is 4.79 Å². The molecule has 2 heterocycles. The number of Topliss-reactive ketones (excluding diaryl/α,β-unsaturated/α-hetero) is 1. The number of rotatable bonds is 2. The van der Waals surface area contributed by atoms with Crippen LogP contribution in [0.25, 0.3) is 0 Å². The largest absolute Gasteiger partial charge is 0.466 e. The first-order valence-electron chi connectivity index (χ1n) is 7.38. The Morgan fingerprint density at radius 2 is 2.09 bits per heavy atom. The molecule has 0 aromatic carbocycles. The highest BCUT2D eigenvalue weighted by Crippen LogP contribution is 2.45. The van der Waals surface area contributed by atoms with E-state index in [1.54, 1.807) is 11.3 Å². The van der Waals surface area contributed by atoms with E-state index in [-0.39, 0.29) is 23.6 Å². The van der Waals surface area contributed by atoms with Gasteiger partial charge in [0.05, 0.1) is 18.6 Å². The number of hydrogen-bond donors (Lipinski definition) is 1. The van der Waals surface area contributed by atoms with Gasteiger partial charge in [0.2, 0.25) is 0 Å². The van der Waals surface area contributed by atoms with Crippen molar-refractivity contribution < 1.29 is 14.3 Å². The number of carbonyl (C=O) groups is 2. The molecule has 4 nitrogen and oxygen atoms in total. The van der Waals surface area contributed by atoms with Gasteiger partial charge >= 0.3 is 5.97 Å². The number of nitrogens with one attached hydrogen (secondary N) is 1. The Labute approximate surface area is 133 Å². The van der Waals surface area contributed by atoms with Gasteiger partial charge < -0.3 is 10.1 Å². The summed E-state index contributed by atoms with van der Waals surface area (Å²) in [5.41, 5.74) is 2.28. The molecular formula is C17H19NO3S. The van der Waals surface area contributed by atoms with Crippen LogP contribution in [0.5, 0.6) is 0 Å². The maximum Gasteiger partial charge on any atom is 0.336 e. The molecule has 0 fully saturated rings. The first-order valence-corrected chi connectivity index (χ1v) is 8.19. The second-order valence-electron chi connectivity index (χ2n) is 5.72. The molecule has 1 N–H and O–H groups in total. The van der Waals surface area contributed by atoms with Crippen molar-refractivity contribution in [3.8, 4) is 0 Å². The second kappa shape index (κ2) is 5.72. The lowest BCUT2D eigenvalue weighted by Crippen LogP contribution is -2.40. The smallest absolute Gasteiger partial charge is 0.336 e. The molecule has 1 aliphatic carbocycles. The summed E-state index contributed by atoms with van der Waals surface area (Å²) in [6.07, 6.45) is 3.37. The van der Waals surface area contributed by atoms with Crippen molar-refractivity contribution in [2.45, 2.75) is 32.6 Å². The van der Waals surface area contributed by atoms with Crippen LogP contribution in [-0.2, 0) is 14.3 Å². The predicted molar refractivity (Wildman–Crippen MR) is 85.5 cm³/mol. The van der Waals surface area contributed by atoms with Crippen LogP contribution in [0, 0.1) is 12.8 Å². The Bertz CT molecular complexity index is 699. The molecular weight excluding hydrogens is 298 g/mol. The predicted octanol–water partition coefficient (Wildman–Crippen LogP) is 3.05. The quantitative estimate of drug-likeness (QED) is 0.852. The topological polar surface area (TPSA) is 55.4 Å². The average Bonchev–Trinajstić information content (AvgIpc) is 2.91.